The number of hydrogen-bond donors (Lipinski definition) is 1. The van der Waals surface area contributed by atoms with Gasteiger partial charge < -0.3 is 5.11 Å². The number of nitrogens with zero attached hydrogens (tertiary/aromatic N) is 2. The van der Waals surface area contributed by atoms with Gasteiger partial charge in [0.2, 0.25) is 0 Å². The molecule has 2 rings (SSSR count). The summed E-state index contributed by atoms with van der Waals surface area (Å²) >= 11 is 0. The summed E-state index contributed by atoms with van der Waals surface area (Å²) in [5.74, 6) is -1.55. The number of fused-ring (bicyclic) bond motifs is 1. The van der Waals surface area contributed by atoms with Gasteiger partial charge >= 0.3 is 5.97 Å². The van der Waals surface area contributed by atoms with E-state index in [0.29, 0.717) is 17.8 Å². The summed E-state index contributed by atoms with van der Waals surface area (Å²) < 4.78 is 14.4. The number of aromatic carboxylic acids is 1. The van der Waals surface area contributed by atoms with Crippen molar-refractivity contribution in [3.05, 3.63) is 35.5 Å². The third-order valence-corrected chi connectivity index (χ3v) is 2.62. The quantitative estimate of drug-likeness (QED) is 0.887. The average Bonchev–Trinajstić information content (AvgIpc) is 2.63. The van der Waals surface area contributed by atoms with Crippen molar-refractivity contribution in [3.8, 4) is 0 Å². The molecular weight excluding hydrogens is 223 g/mol. The lowest BCUT2D eigenvalue weighted by molar-refractivity contribution is 0.0688. The zero-order valence-electron chi connectivity index (χ0n) is 9.48. The maximum atomic E-state index is 13.1. The number of rotatable bonds is 4. The van der Waals surface area contributed by atoms with Gasteiger partial charge in [-0.1, -0.05) is 13.3 Å². The molecule has 0 aliphatic carbocycles. The monoisotopic (exact) mass is 236 g/mol. The fraction of sp³-hybridized carbons (Fsp3) is 0.333. The Bertz CT molecular complexity index is 563. The van der Waals surface area contributed by atoms with Crippen molar-refractivity contribution >= 4 is 11.6 Å². The van der Waals surface area contributed by atoms with E-state index in [1.165, 1.54) is 16.5 Å². The van der Waals surface area contributed by atoms with E-state index in [1.807, 2.05) is 6.92 Å². The van der Waals surface area contributed by atoms with Crippen molar-refractivity contribution in [1.82, 2.24) is 9.38 Å². The number of hydrogen-bond acceptors (Lipinski definition) is 2. The highest BCUT2D eigenvalue weighted by atomic mass is 19.1. The minimum atomic E-state index is -1.07. The Hall–Kier alpha value is -1.91. The Morgan fingerprint density at radius 2 is 2.29 bits per heavy atom. The van der Waals surface area contributed by atoms with Crippen LogP contribution in [-0.4, -0.2) is 20.5 Å². The smallest absolute Gasteiger partial charge is 0.354 e. The van der Waals surface area contributed by atoms with Gasteiger partial charge in [0.25, 0.3) is 0 Å². The summed E-state index contributed by atoms with van der Waals surface area (Å²) in [6.07, 6.45) is 3.58. The largest absolute Gasteiger partial charge is 0.477 e. The highest BCUT2D eigenvalue weighted by Gasteiger charge is 2.18. The van der Waals surface area contributed by atoms with Crippen molar-refractivity contribution in [2.45, 2.75) is 26.2 Å². The second kappa shape index (κ2) is 4.53. The Kier molecular flexibility index (Phi) is 3.08. The first-order chi connectivity index (χ1) is 8.13. The third kappa shape index (κ3) is 2.13. The van der Waals surface area contributed by atoms with Crippen LogP contribution in [0.25, 0.3) is 5.65 Å². The fourth-order valence-corrected chi connectivity index (χ4v) is 1.81. The van der Waals surface area contributed by atoms with Gasteiger partial charge in [0.1, 0.15) is 11.5 Å². The lowest BCUT2D eigenvalue weighted by atomic mass is 10.2. The molecular formula is C12H13FN2O2. The molecule has 0 bridgehead atoms. The summed E-state index contributed by atoms with van der Waals surface area (Å²) in [6.45, 7) is 2.02. The van der Waals surface area contributed by atoms with Gasteiger partial charge in [-0.3, -0.25) is 4.40 Å². The minimum Gasteiger partial charge on any atom is -0.477 e. The van der Waals surface area contributed by atoms with Gasteiger partial charge in [-0.2, -0.15) is 0 Å². The van der Waals surface area contributed by atoms with Gasteiger partial charge in [0.05, 0.1) is 5.69 Å². The first-order valence-corrected chi connectivity index (χ1v) is 5.53. The van der Waals surface area contributed by atoms with E-state index in [4.69, 9.17) is 5.11 Å². The van der Waals surface area contributed by atoms with Crippen molar-refractivity contribution in [2.24, 2.45) is 0 Å². The van der Waals surface area contributed by atoms with Crippen LogP contribution >= 0.6 is 0 Å². The van der Waals surface area contributed by atoms with Gasteiger partial charge in [-0.05, 0) is 25.0 Å². The highest BCUT2D eigenvalue weighted by molar-refractivity contribution is 5.88. The van der Waals surface area contributed by atoms with E-state index in [2.05, 4.69) is 4.98 Å². The van der Waals surface area contributed by atoms with Crippen LogP contribution in [0.5, 0.6) is 0 Å². The molecule has 0 aliphatic heterocycles. The Labute approximate surface area is 97.7 Å². The predicted molar refractivity (Wildman–Crippen MR) is 60.7 cm³/mol. The zero-order chi connectivity index (χ0) is 12.4. The number of pyridine rings is 1. The molecule has 0 saturated heterocycles. The summed E-state index contributed by atoms with van der Waals surface area (Å²) in [7, 11) is 0. The van der Waals surface area contributed by atoms with Crippen LogP contribution in [0.4, 0.5) is 4.39 Å². The molecule has 0 unspecified atom stereocenters. The molecule has 2 heterocycles. The maximum absolute atomic E-state index is 13.1. The molecule has 0 fully saturated rings. The summed E-state index contributed by atoms with van der Waals surface area (Å²) in [5, 5.41) is 9.16. The number of halogens is 1. The van der Waals surface area contributed by atoms with Crippen LogP contribution in [0, 0.1) is 5.82 Å². The lowest BCUT2D eigenvalue weighted by Gasteiger charge is -1.99. The van der Waals surface area contributed by atoms with Crippen molar-refractivity contribution in [3.63, 3.8) is 0 Å². The van der Waals surface area contributed by atoms with Crippen LogP contribution < -0.4 is 0 Å². The zero-order valence-corrected chi connectivity index (χ0v) is 9.48. The average molecular weight is 236 g/mol. The molecule has 1 N–H and O–H groups in total. The molecule has 0 amide bonds. The number of imidazole rings is 1. The molecule has 2 aromatic heterocycles. The van der Waals surface area contributed by atoms with E-state index < -0.39 is 11.8 Å². The summed E-state index contributed by atoms with van der Waals surface area (Å²) in [5.41, 5.74) is 1.05. The molecule has 0 radical (unpaired) electrons. The van der Waals surface area contributed by atoms with Crippen LogP contribution in [0.2, 0.25) is 0 Å². The van der Waals surface area contributed by atoms with E-state index in [0.717, 1.165) is 19.0 Å². The van der Waals surface area contributed by atoms with Crippen molar-refractivity contribution in [2.75, 3.05) is 0 Å². The SMILES string of the molecule is CCCCc1nc2ccc(F)cn2c1C(=O)O. The maximum Gasteiger partial charge on any atom is 0.354 e. The van der Waals surface area contributed by atoms with Crippen molar-refractivity contribution < 1.29 is 14.3 Å². The lowest BCUT2D eigenvalue weighted by Crippen LogP contribution is -2.05. The Morgan fingerprint density at radius 1 is 1.53 bits per heavy atom. The van der Waals surface area contributed by atoms with Crippen LogP contribution in [0.3, 0.4) is 0 Å². The number of aryl methyl sites for hydroxylation is 1. The topological polar surface area (TPSA) is 54.6 Å². The van der Waals surface area contributed by atoms with Crippen LogP contribution in [0.1, 0.15) is 35.9 Å². The molecule has 0 spiro atoms. The number of aromatic nitrogens is 2. The van der Waals surface area contributed by atoms with Crippen molar-refractivity contribution in [1.29, 1.82) is 0 Å². The third-order valence-electron chi connectivity index (χ3n) is 2.62. The molecule has 0 aliphatic rings. The fourth-order valence-electron chi connectivity index (χ4n) is 1.81. The summed E-state index contributed by atoms with van der Waals surface area (Å²) in [6, 6.07) is 2.76. The van der Waals surface area contributed by atoms with Crippen LogP contribution in [-0.2, 0) is 6.42 Å². The molecule has 0 saturated carbocycles. The van der Waals surface area contributed by atoms with Gasteiger partial charge in [-0.15, -0.1) is 0 Å². The van der Waals surface area contributed by atoms with E-state index in [9.17, 15) is 9.18 Å². The molecule has 17 heavy (non-hydrogen) atoms. The predicted octanol–water partition coefficient (Wildman–Crippen LogP) is 2.51. The molecule has 5 heteroatoms. The second-order valence-electron chi connectivity index (χ2n) is 3.89. The molecule has 2 aromatic rings. The number of unbranched alkanes of at least 4 members (excludes halogenated alkanes) is 1. The number of carbonyl (C=O) groups is 1. The first-order valence-electron chi connectivity index (χ1n) is 5.53. The highest BCUT2D eigenvalue weighted by Crippen LogP contribution is 2.16. The van der Waals surface area contributed by atoms with Gasteiger partial charge in [-0.25, -0.2) is 14.2 Å². The first kappa shape index (κ1) is 11.6. The molecule has 0 atom stereocenters. The Morgan fingerprint density at radius 3 is 2.94 bits per heavy atom. The number of carboxylic acids is 1. The Balaban J connectivity index is 2.58. The molecule has 0 aromatic carbocycles. The van der Waals surface area contributed by atoms with Crippen LogP contribution in [0.15, 0.2) is 18.3 Å². The summed E-state index contributed by atoms with van der Waals surface area (Å²) in [4.78, 5) is 15.4. The second-order valence-corrected chi connectivity index (χ2v) is 3.89. The molecule has 4 nitrogen and oxygen atoms in total. The normalized spacial score (nSPS) is 10.9. The standard InChI is InChI=1S/C12H13FN2O2/c1-2-3-4-9-11(12(16)17)15-7-8(13)5-6-10(15)14-9/h5-7H,2-4H2,1H3,(H,16,17). The minimum absolute atomic E-state index is 0.0629. The van der Waals surface area contributed by atoms with Gasteiger partial charge in [0, 0.05) is 6.20 Å². The van der Waals surface area contributed by atoms with E-state index in [1.54, 1.807) is 0 Å². The molecule has 90 valence electrons. The van der Waals surface area contributed by atoms with Gasteiger partial charge in [0.15, 0.2) is 5.69 Å². The van der Waals surface area contributed by atoms with E-state index >= 15 is 0 Å². The van der Waals surface area contributed by atoms with E-state index in [-0.39, 0.29) is 5.69 Å². The number of carboxylic acid groups (broad SMARTS) is 1.